The molecule has 0 aliphatic heterocycles. The molecule has 0 atom stereocenters. The van der Waals surface area contributed by atoms with Crippen molar-refractivity contribution in [3.05, 3.63) is 29.8 Å². The average Bonchev–Trinajstić information content (AvgIpc) is 2.83. The Morgan fingerprint density at radius 1 is 1.16 bits per heavy atom. The molecule has 0 heterocycles. The van der Waals surface area contributed by atoms with E-state index in [1.807, 2.05) is 24.3 Å². The highest BCUT2D eigenvalue weighted by atomic mass is 16.2. The van der Waals surface area contributed by atoms with Crippen molar-refractivity contribution in [3.63, 3.8) is 0 Å². The predicted molar refractivity (Wildman–Crippen MR) is 74.8 cm³/mol. The van der Waals surface area contributed by atoms with E-state index in [0.29, 0.717) is 12.5 Å². The second-order valence-corrected chi connectivity index (χ2v) is 5.10. The zero-order chi connectivity index (χ0) is 13.7. The van der Waals surface area contributed by atoms with Gasteiger partial charge >= 0.3 is 0 Å². The van der Waals surface area contributed by atoms with Gasteiger partial charge in [-0.25, -0.2) is 0 Å². The molecule has 1 saturated carbocycles. The highest BCUT2D eigenvalue weighted by Gasteiger charge is 2.16. The monoisotopic (exact) mass is 260 g/mol. The molecule has 0 radical (unpaired) electrons. The van der Waals surface area contributed by atoms with Gasteiger partial charge in [0.2, 0.25) is 11.8 Å². The molecule has 0 unspecified atom stereocenters. The van der Waals surface area contributed by atoms with Crippen LogP contribution in [-0.4, -0.2) is 17.9 Å². The SMILES string of the molecule is CC(=O)Nc1ccc(CC(=O)NC2CCCC2)cc1. The Hall–Kier alpha value is -1.84. The van der Waals surface area contributed by atoms with E-state index in [2.05, 4.69) is 10.6 Å². The number of nitrogens with one attached hydrogen (secondary N) is 2. The smallest absolute Gasteiger partial charge is 0.224 e. The maximum atomic E-state index is 11.9. The lowest BCUT2D eigenvalue weighted by atomic mass is 10.1. The highest BCUT2D eigenvalue weighted by molar-refractivity contribution is 5.88. The minimum absolute atomic E-state index is 0.0826. The van der Waals surface area contributed by atoms with Crippen molar-refractivity contribution in [1.82, 2.24) is 5.32 Å². The standard InChI is InChI=1S/C15H20N2O2/c1-11(18)16-14-8-6-12(7-9-14)10-15(19)17-13-4-2-3-5-13/h6-9,13H,2-5,10H2,1H3,(H,16,18)(H,17,19). The Morgan fingerprint density at radius 3 is 2.37 bits per heavy atom. The van der Waals surface area contributed by atoms with Crippen LogP contribution in [-0.2, 0) is 16.0 Å². The fraction of sp³-hybridized carbons (Fsp3) is 0.467. The van der Waals surface area contributed by atoms with Gasteiger partial charge in [-0.1, -0.05) is 25.0 Å². The molecule has 1 fully saturated rings. The van der Waals surface area contributed by atoms with Gasteiger partial charge in [-0.05, 0) is 30.5 Å². The van der Waals surface area contributed by atoms with Gasteiger partial charge in [0.1, 0.15) is 0 Å². The molecule has 1 aliphatic rings. The van der Waals surface area contributed by atoms with Crippen LogP contribution in [0.5, 0.6) is 0 Å². The number of carbonyl (C=O) groups is 2. The van der Waals surface area contributed by atoms with E-state index in [1.54, 1.807) is 0 Å². The van der Waals surface area contributed by atoms with Gasteiger partial charge in [0.15, 0.2) is 0 Å². The summed E-state index contributed by atoms with van der Waals surface area (Å²) >= 11 is 0. The summed E-state index contributed by atoms with van der Waals surface area (Å²) in [6.07, 6.45) is 5.05. The predicted octanol–water partition coefficient (Wildman–Crippen LogP) is 2.25. The van der Waals surface area contributed by atoms with Crippen molar-refractivity contribution in [2.45, 2.75) is 45.1 Å². The first kappa shape index (κ1) is 13.6. The molecule has 1 aliphatic carbocycles. The maximum Gasteiger partial charge on any atom is 0.224 e. The molecular weight excluding hydrogens is 240 g/mol. The summed E-state index contributed by atoms with van der Waals surface area (Å²) in [5.74, 6) is -0.00842. The number of rotatable bonds is 4. The van der Waals surface area contributed by atoms with Gasteiger partial charge in [0, 0.05) is 18.7 Å². The van der Waals surface area contributed by atoms with Crippen LogP contribution in [0, 0.1) is 0 Å². The molecule has 2 rings (SSSR count). The zero-order valence-corrected chi connectivity index (χ0v) is 11.2. The first-order valence-corrected chi connectivity index (χ1v) is 6.79. The van der Waals surface area contributed by atoms with Crippen molar-refractivity contribution < 1.29 is 9.59 Å². The Balaban J connectivity index is 1.84. The molecular formula is C15H20N2O2. The molecule has 1 aromatic carbocycles. The number of hydrogen-bond acceptors (Lipinski definition) is 2. The molecule has 19 heavy (non-hydrogen) atoms. The number of hydrogen-bond donors (Lipinski definition) is 2. The van der Waals surface area contributed by atoms with Crippen molar-refractivity contribution in [1.29, 1.82) is 0 Å². The van der Waals surface area contributed by atoms with Crippen LogP contribution in [0.3, 0.4) is 0 Å². The molecule has 4 nitrogen and oxygen atoms in total. The van der Waals surface area contributed by atoms with Gasteiger partial charge in [0.05, 0.1) is 6.42 Å². The molecule has 1 aromatic rings. The van der Waals surface area contributed by atoms with Crippen molar-refractivity contribution in [2.24, 2.45) is 0 Å². The van der Waals surface area contributed by atoms with Crippen molar-refractivity contribution in [2.75, 3.05) is 5.32 Å². The lowest BCUT2D eigenvalue weighted by Crippen LogP contribution is -2.33. The van der Waals surface area contributed by atoms with Gasteiger partial charge < -0.3 is 10.6 Å². The first-order chi connectivity index (χ1) is 9.13. The van der Waals surface area contributed by atoms with Crippen LogP contribution < -0.4 is 10.6 Å². The summed E-state index contributed by atoms with van der Waals surface area (Å²) in [6.45, 7) is 1.48. The van der Waals surface area contributed by atoms with Crippen LogP contribution >= 0.6 is 0 Å². The van der Waals surface area contributed by atoms with Crippen molar-refractivity contribution in [3.8, 4) is 0 Å². The number of benzene rings is 1. The fourth-order valence-corrected chi connectivity index (χ4v) is 2.44. The lowest BCUT2D eigenvalue weighted by Gasteiger charge is -2.12. The van der Waals surface area contributed by atoms with E-state index in [4.69, 9.17) is 0 Å². The third-order valence-electron chi connectivity index (χ3n) is 3.36. The Labute approximate surface area is 113 Å². The zero-order valence-electron chi connectivity index (χ0n) is 11.2. The lowest BCUT2D eigenvalue weighted by molar-refractivity contribution is -0.121. The van der Waals surface area contributed by atoms with Gasteiger partial charge in [-0.2, -0.15) is 0 Å². The molecule has 2 N–H and O–H groups in total. The van der Waals surface area contributed by atoms with Gasteiger partial charge in [0.25, 0.3) is 0 Å². The Bertz CT molecular complexity index is 448. The Morgan fingerprint density at radius 2 is 1.79 bits per heavy atom. The third-order valence-corrected chi connectivity index (χ3v) is 3.36. The van der Waals surface area contributed by atoms with Crippen LogP contribution in [0.15, 0.2) is 24.3 Å². The topological polar surface area (TPSA) is 58.2 Å². The minimum Gasteiger partial charge on any atom is -0.353 e. The molecule has 4 heteroatoms. The molecule has 0 saturated heterocycles. The van der Waals surface area contributed by atoms with Gasteiger partial charge in [-0.3, -0.25) is 9.59 Å². The van der Waals surface area contributed by atoms with E-state index in [9.17, 15) is 9.59 Å². The average molecular weight is 260 g/mol. The second kappa shape index (κ2) is 6.36. The maximum absolute atomic E-state index is 11.9. The van der Waals surface area contributed by atoms with E-state index in [1.165, 1.54) is 19.8 Å². The van der Waals surface area contributed by atoms with Crippen LogP contribution in [0.25, 0.3) is 0 Å². The van der Waals surface area contributed by atoms with E-state index < -0.39 is 0 Å². The largest absolute Gasteiger partial charge is 0.353 e. The highest BCUT2D eigenvalue weighted by Crippen LogP contribution is 2.18. The summed E-state index contributed by atoms with van der Waals surface area (Å²) in [5, 5.41) is 5.77. The molecule has 102 valence electrons. The fourth-order valence-electron chi connectivity index (χ4n) is 2.44. The van der Waals surface area contributed by atoms with Crippen LogP contribution in [0.1, 0.15) is 38.2 Å². The molecule has 0 bridgehead atoms. The quantitative estimate of drug-likeness (QED) is 0.872. The van der Waals surface area contributed by atoms with Crippen molar-refractivity contribution >= 4 is 17.5 Å². The first-order valence-electron chi connectivity index (χ1n) is 6.79. The third kappa shape index (κ3) is 4.39. The summed E-state index contributed by atoms with van der Waals surface area (Å²) in [4.78, 5) is 22.7. The molecule has 2 amide bonds. The van der Waals surface area contributed by atoms with E-state index in [-0.39, 0.29) is 11.8 Å². The van der Waals surface area contributed by atoms with E-state index in [0.717, 1.165) is 24.1 Å². The molecule has 0 aromatic heterocycles. The summed E-state index contributed by atoms with van der Waals surface area (Å²) in [7, 11) is 0. The number of amides is 2. The Kier molecular flexibility index (Phi) is 4.55. The minimum atomic E-state index is -0.0910. The van der Waals surface area contributed by atoms with E-state index >= 15 is 0 Å². The van der Waals surface area contributed by atoms with Gasteiger partial charge in [-0.15, -0.1) is 0 Å². The summed E-state index contributed by atoms with van der Waals surface area (Å²) in [6, 6.07) is 7.75. The summed E-state index contributed by atoms with van der Waals surface area (Å²) < 4.78 is 0. The van der Waals surface area contributed by atoms with Crippen LogP contribution in [0.4, 0.5) is 5.69 Å². The number of anilines is 1. The number of carbonyl (C=O) groups excluding carboxylic acids is 2. The summed E-state index contributed by atoms with van der Waals surface area (Å²) in [5.41, 5.74) is 1.72. The molecule has 0 spiro atoms. The second-order valence-electron chi connectivity index (χ2n) is 5.10. The van der Waals surface area contributed by atoms with Crippen LogP contribution in [0.2, 0.25) is 0 Å². The normalized spacial score (nSPS) is 15.2.